The number of unbranched alkanes of at least 4 members (excludes halogenated alkanes) is 1. The van der Waals surface area contributed by atoms with Gasteiger partial charge in [0.05, 0.1) is 0 Å². The highest BCUT2D eigenvalue weighted by molar-refractivity contribution is 7.80. The summed E-state index contributed by atoms with van der Waals surface area (Å²) in [5, 5.41) is 9.53. The molecule has 1 atom stereocenters. The van der Waals surface area contributed by atoms with Crippen LogP contribution in [0.5, 0.6) is 0 Å². The molecule has 0 heterocycles. The third kappa shape index (κ3) is 3.57. The number of thiocarbonyl (C=S) groups is 1. The molecule has 12 heavy (non-hydrogen) atoms. The van der Waals surface area contributed by atoms with Gasteiger partial charge in [0.2, 0.25) is 0 Å². The summed E-state index contributed by atoms with van der Waals surface area (Å²) >= 11 is 4.38. The van der Waals surface area contributed by atoms with Crippen LogP contribution in [0.1, 0.15) is 26.2 Å². The summed E-state index contributed by atoms with van der Waals surface area (Å²) in [7, 11) is 0. The lowest BCUT2D eigenvalue weighted by molar-refractivity contribution is -0.144. The molecule has 0 aromatic rings. The van der Waals surface area contributed by atoms with Gasteiger partial charge in [-0.15, -0.1) is 0 Å². The molecule has 0 radical (unpaired) electrons. The zero-order chi connectivity index (χ0) is 9.56. The van der Waals surface area contributed by atoms with Crippen LogP contribution >= 0.6 is 12.2 Å². The SMILES string of the molecule is CCCCC(C(=O)O)C(=O)C=S. The molecule has 1 N–H and O–H groups in total. The molecule has 0 aliphatic rings. The number of carbonyl (C=O) groups excluding carboxylic acids is 1. The molecule has 0 saturated carbocycles. The molecule has 68 valence electrons. The van der Waals surface area contributed by atoms with E-state index in [2.05, 4.69) is 12.2 Å². The molecule has 0 bridgehead atoms. The summed E-state index contributed by atoms with van der Waals surface area (Å²) in [6.07, 6.45) is 2.01. The number of carboxylic acids is 1. The standard InChI is InChI=1S/C8H12O3S/c1-2-3-4-6(8(10)11)7(9)5-12/h5-6H,2-4H2,1H3,(H,10,11). The molecule has 0 spiro atoms. The first kappa shape index (κ1) is 11.2. The number of aliphatic carboxylic acids is 1. The van der Waals surface area contributed by atoms with Crippen LogP contribution in [-0.2, 0) is 9.59 Å². The van der Waals surface area contributed by atoms with E-state index in [0.29, 0.717) is 6.42 Å². The fraction of sp³-hybridized carbons (Fsp3) is 0.625. The molecule has 1 unspecified atom stereocenters. The van der Waals surface area contributed by atoms with Crippen molar-refractivity contribution in [3.63, 3.8) is 0 Å². The van der Waals surface area contributed by atoms with Crippen molar-refractivity contribution in [1.29, 1.82) is 0 Å². The topological polar surface area (TPSA) is 54.4 Å². The second-order valence-electron chi connectivity index (χ2n) is 2.55. The van der Waals surface area contributed by atoms with E-state index in [-0.39, 0.29) is 0 Å². The number of Topliss-reactive ketones (excluding diaryl/α,β-unsaturated/α-hetero) is 1. The van der Waals surface area contributed by atoms with E-state index in [1.807, 2.05) is 6.92 Å². The van der Waals surface area contributed by atoms with E-state index in [0.717, 1.165) is 18.2 Å². The van der Waals surface area contributed by atoms with Gasteiger partial charge in [-0.1, -0.05) is 32.0 Å². The zero-order valence-electron chi connectivity index (χ0n) is 6.95. The highest BCUT2D eigenvalue weighted by atomic mass is 32.1. The van der Waals surface area contributed by atoms with Crippen LogP contribution in [0, 0.1) is 5.92 Å². The van der Waals surface area contributed by atoms with Crippen molar-refractivity contribution >= 4 is 29.3 Å². The average molecular weight is 188 g/mol. The second kappa shape index (κ2) is 5.83. The minimum Gasteiger partial charge on any atom is -0.481 e. The Morgan fingerprint density at radius 2 is 2.17 bits per heavy atom. The minimum absolute atomic E-state index is 0.387. The Labute approximate surface area is 76.8 Å². The lowest BCUT2D eigenvalue weighted by atomic mass is 9.99. The Balaban J connectivity index is 4.13. The number of carboxylic acid groups (broad SMARTS) is 1. The van der Waals surface area contributed by atoms with Gasteiger partial charge in [-0.3, -0.25) is 9.59 Å². The first-order chi connectivity index (χ1) is 5.63. The smallest absolute Gasteiger partial charge is 0.314 e. The zero-order valence-corrected chi connectivity index (χ0v) is 7.76. The Kier molecular flexibility index (Phi) is 5.45. The fourth-order valence-corrected chi connectivity index (χ4v) is 1.04. The number of carbonyl (C=O) groups is 2. The highest BCUT2D eigenvalue weighted by Gasteiger charge is 2.22. The predicted octanol–water partition coefficient (Wildman–Crippen LogP) is 1.45. The summed E-state index contributed by atoms with van der Waals surface area (Å²) in [5.41, 5.74) is 0. The van der Waals surface area contributed by atoms with Crippen LogP contribution in [0.4, 0.5) is 0 Å². The maximum absolute atomic E-state index is 10.9. The van der Waals surface area contributed by atoms with Gasteiger partial charge in [-0.05, 0) is 6.42 Å². The van der Waals surface area contributed by atoms with Crippen LogP contribution in [-0.4, -0.2) is 22.2 Å². The monoisotopic (exact) mass is 188 g/mol. The molecule has 0 aliphatic heterocycles. The van der Waals surface area contributed by atoms with Crippen LogP contribution in [0.3, 0.4) is 0 Å². The molecule has 0 aliphatic carbocycles. The Hall–Kier alpha value is -0.770. The number of rotatable bonds is 6. The molecule has 0 saturated heterocycles. The largest absolute Gasteiger partial charge is 0.481 e. The minimum atomic E-state index is -1.07. The first-order valence-electron chi connectivity index (χ1n) is 3.85. The van der Waals surface area contributed by atoms with Gasteiger partial charge in [0.1, 0.15) is 5.92 Å². The van der Waals surface area contributed by atoms with Crippen LogP contribution in [0.25, 0.3) is 0 Å². The van der Waals surface area contributed by atoms with Gasteiger partial charge < -0.3 is 5.11 Å². The van der Waals surface area contributed by atoms with Crippen molar-refractivity contribution in [2.75, 3.05) is 0 Å². The lowest BCUT2D eigenvalue weighted by Gasteiger charge is -2.06. The third-order valence-electron chi connectivity index (χ3n) is 1.60. The quantitative estimate of drug-likeness (QED) is 0.506. The molecule has 0 amide bonds. The van der Waals surface area contributed by atoms with Crippen LogP contribution < -0.4 is 0 Å². The maximum Gasteiger partial charge on any atom is 0.314 e. The summed E-state index contributed by atoms with van der Waals surface area (Å²) in [6.45, 7) is 1.95. The van der Waals surface area contributed by atoms with E-state index in [1.54, 1.807) is 0 Å². The molecular weight excluding hydrogens is 176 g/mol. The van der Waals surface area contributed by atoms with Gasteiger partial charge in [0, 0.05) is 5.37 Å². The Morgan fingerprint density at radius 3 is 2.50 bits per heavy atom. The summed E-state index contributed by atoms with van der Waals surface area (Å²) in [5.74, 6) is -2.47. The van der Waals surface area contributed by atoms with E-state index in [9.17, 15) is 9.59 Å². The number of hydrogen-bond donors (Lipinski definition) is 1. The third-order valence-corrected chi connectivity index (χ3v) is 1.84. The highest BCUT2D eigenvalue weighted by Crippen LogP contribution is 2.09. The van der Waals surface area contributed by atoms with Crippen molar-refractivity contribution in [1.82, 2.24) is 0 Å². The van der Waals surface area contributed by atoms with Gasteiger partial charge in [-0.25, -0.2) is 0 Å². The van der Waals surface area contributed by atoms with Crippen LogP contribution in [0.2, 0.25) is 0 Å². The molecule has 0 rings (SSSR count). The molecule has 3 nitrogen and oxygen atoms in total. The van der Waals surface area contributed by atoms with Crippen LogP contribution in [0.15, 0.2) is 0 Å². The van der Waals surface area contributed by atoms with Gasteiger partial charge in [-0.2, -0.15) is 0 Å². The van der Waals surface area contributed by atoms with E-state index >= 15 is 0 Å². The Morgan fingerprint density at radius 1 is 1.58 bits per heavy atom. The normalized spacial score (nSPS) is 12.1. The van der Waals surface area contributed by atoms with E-state index in [4.69, 9.17) is 5.11 Å². The fourth-order valence-electron chi connectivity index (χ4n) is 0.878. The maximum atomic E-state index is 10.9. The van der Waals surface area contributed by atoms with Gasteiger partial charge in [0.25, 0.3) is 0 Å². The molecule has 4 heteroatoms. The second-order valence-corrected chi connectivity index (χ2v) is 2.79. The van der Waals surface area contributed by atoms with Crippen molar-refractivity contribution in [3.05, 3.63) is 0 Å². The van der Waals surface area contributed by atoms with Crippen molar-refractivity contribution < 1.29 is 14.7 Å². The molecule has 0 aromatic heterocycles. The number of ketones is 1. The van der Waals surface area contributed by atoms with Crippen molar-refractivity contribution in [2.45, 2.75) is 26.2 Å². The summed E-state index contributed by atoms with van der Waals surface area (Å²) < 4.78 is 0. The van der Waals surface area contributed by atoms with Crippen molar-refractivity contribution in [3.8, 4) is 0 Å². The van der Waals surface area contributed by atoms with E-state index in [1.165, 1.54) is 0 Å². The molecule has 0 fully saturated rings. The lowest BCUT2D eigenvalue weighted by Crippen LogP contribution is -2.23. The van der Waals surface area contributed by atoms with Crippen molar-refractivity contribution in [2.24, 2.45) is 5.92 Å². The average Bonchev–Trinajstić information content (AvgIpc) is 2.04. The molecule has 0 aromatic carbocycles. The molecular formula is C8H12O3S. The van der Waals surface area contributed by atoms with Gasteiger partial charge in [0.15, 0.2) is 5.78 Å². The summed E-state index contributed by atoms with van der Waals surface area (Å²) in [4.78, 5) is 21.4. The summed E-state index contributed by atoms with van der Waals surface area (Å²) in [6, 6.07) is 0. The number of hydrogen-bond acceptors (Lipinski definition) is 3. The Bertz CT molecular complexity index is 189. The predicted molar refractivity (Wildman–Crippen MR) is 49.3 cm³/mol. The first-order valence-corrected chi connectivity index (χ1v) is 4.32. The van der Waals surface area contributed by atoms with E-state index < -0.39 is 17.7 Å². The van der Waals surface area contributed by atoms with Gasteiger partial charge >= 0.3 is 5.97 Å².